The van der Waals surface area contributed by atoms with Crippen molar-refractivity contribution >= 4 is 37.8 Å². The highest BCUT2D eigenvalue weighted by atomic mass is 79.9. The van der Waals surface area contributed by atoms with E-state index >= 15 is 0 Å². The van der Waals surface area contributed by atoms with E-state index in [2.05, 4.69) is 31.9 Å². The van der Waals surface area contributed by atoms with Crippen LogP contribution in [0, 0.1) is 11.3 Å². The molecule has 1 aromatic carbocycles. The maximum atomic E-state index is 11.6. The fraction of sp³-hybridized carbons (Fsp3) is 0.200. The number of fused-ring (bicyclic) bond motifs is 1. The molecule has 2 rings (SSSR count). The summed E-state index contributed by atoms with van der Waals surface area (Å²) < 4.78 is 6.47. The third-order valence-corrected chi connectivity index (χ3v) is 3.60. The predicted molar refractivity (Wildman–Crippen MR) is 60.4 cm³/mol. The van der Waals surface area contributed by atoms with E-state index in [0.717, 1.165) is 10.0 Å². The summed E-state index contributed by atoms with van der Waals surface area (Å²) in [7, 11) is 0. The summed E-state index contributed by atoms with van der Waals surface area (Å²) in [5.74, 6) is -0.448. The number of nitriles is 1. The number of rotatable bonds is 0. The van der Waals surface area contributed by atoms with Crippen LogP contribution in [-0.2, 0) is 11.2 Å². The summed E-state index contributed by atoms with van der Waals surface area (Å²) in [5.41, 5.74) is 1.34. The molecule has 1 aliphatic rings. The van der Waals surface area contributed by atoms with Crippen LogP contribution in [0.1, 0.15) is 15.9 Å². The fourth-order valence-electron chi connectivity index (χ4n) is 1.50. The molecule has 0 spiro atoms. The van der Waals surface area contributed by atoms with E-state index in [1.165, 1.54) is 0 Å². The summed E-state index contributed by atoms with van der Waals surface area (Å²) in [6.45, 7) is 0. The summed E-state index contributed by atoms with van der Waals surface area (Å²) in [5, 5.41) is 8.74. The lowest BCUT2D eigenvalue weighted by atomic mass is 9.99. The van der Waals surface area contributed by atoms with Gasteiger partial charge in [-0.15, -0.1) is 0 Å². The van der Waals surface area contributed by atoms with Gasteiger partial charge in [0.25, 0.3) is 0 Å². The molecule has 0 radical (unpaired) electrons. The van der Waals surface area contributed by atoms with E-state index < -0.39 is 12.1 Å². The molecular formula is C10H5Br2NO2. The summed E-state index contributed by atoms with van der Waals surface area (Å²) >= 11 is 6.66. The number of cyclic esters (lactones) is 1. The molecule has 0 aliphatic carbocycles. The van der Waals surface area contributed by atoms with Crippen molar-refractivity contribution in [3.05, 3.63) is 32.2 Å². The molecule has 0 bridgehead atoms. The van der Waals surface area contributed by atoms with E-state index in [1.807, 2.05) is 12.1 Å². The average molecular weight is 331 g/mol. The van der Waals surface area contributed by atoms with Gasteiger partial charge in [-0.1, -0.05) is 15.9 Å². The Morgan fingerprint density at radius 1 is 1.40 bits per heavy atom. The van der Waals surface area contributed by atoms with Crippen molar-refractivity contribution in [2.24, 2.45) is 0 Å². The van der Waals surface area contributed by atoms with Crippen LogP contribution in [0.2, 0.25) is 0 Å². The van der Waals surface area contributed by atoms with Gasteiger partial charge < -0.3 is 4.74 Å². The van der Waals surface area contributed by atoms with Gasteiger partial charge in [0.1, 0.15) is 6.07 Å². The third kappa shape index (κ3) is 1.80. The first-order valence-electron chi connectivity index (χ1n) is 4.21. The highest BCUT2D eigenvalue weighted by Gasteiger charge is 2.29. The molecule has 0 N–H and O–H groups in total. The van der Waals surface area contributed by atoms with Crippen molar-refractivity contribution < 1.29 is 9.53 Å². The lowest BCUT2D eigenvalue weighted by Crippen LogP contribution is -2.27. The minimum absolute atomic E-state index is 0.428. The molecule has 1 atom stereocenters. The standard InChI is InChI=1S/C10H5Br2NO2/c11-7-1-2-8(12)9-6(7)3-5(4-13)15-10(9)14/h1-2,5H,3H2. The number of ether oxygens (including phenoxy) is 1. The Bertz CT molecular complexity index is 479. The second kappa shape index (κ2) is 3.95. The summed E-state index contributed by atoms with van der Waals surface area (Å²) in [4.78, 5) is 11.6. The van der Waals surface area contributed by atoms with Crippen LogP contribution in [-0.4, -0.2) is 12.1 Å². The Morgan fingerprint density at radius 3 is 2.73 bits per heavy atom. The molecule has 3 nitrogen and oxygen atoms in total. The number of hydrogen-bond donors (Lipinski definition) is 0. The number of halogens is 2. The molecule has 0 amide bonds. The van der Waals surface area contributed by atoms with Gasteiger partial charge in [0.05, 0.1) is 5.56 Å². The molecule has 15 heavy (non-hydrogen) atoms. The van der Waals surface area contributed by atoms with Gasteiger partial charge in [0.15, 0.2) is 6.10 Å². The zero-order chi connectivity index (χ0) is 11.0. The maximum absolute atomic E-state index is 11.6. The molecule has 76 valence electrons. The van der Waals surface area contributed by atoms with E-state index in [9.17, 15) is 4.79 Å². The molecule has 0 aromatic heterocycles. The van der Waals surface area contributed by atoms with Gasteiger partial charge in [-0.3, -0.25) is 0 Å². The smallest absolute Gasteiger partial charge is 0.340 e. The number of benzene rings is 1. The number of nitrogens with zero attached hydrogens (tertiary/aromatic N) is 1. The largest absolute Gasteiger partial charge is 0.443 e. The molecule has 0 saturated heterocycles. The highest BCUT2D eigenvalue weighted by Crippen LogP contribution is 2.32. The first kappa shape index (κ1) is 10.7. The fourth-order valence-corrected chi connectivity index (χ4v) is 2.53. The van der Waals surface area contributed by atoms with Gasteiger partial charge >= 0.3 is 5.97 Å². The van der Waals surface area contributed by atoms with E-state index in [4.69, 9.17) is 10.00 Å². The van der Waals surface area contributed by atoms with E-state index in [-0.39, 0.29) is 0 Å². The Balaban J connectivity index is 2.60. The molecule has 1 unspecified atom stereocenters. The molecule has 0 fully saturated rings. The lowest BCUT2D eigenvalue weighted by molar-refractivity contribution is 0.0369. The average Bonchev–Trinajstić information content (AvgIpc) is 2.23. The van der Waals surface area contributed by atoms with Crippen LogP contribution in [0.5, 0.6) is 0 Å². The second-order valence-corrected chi connectivity index (χ2v) is 4.82. The quantitative estimate of drug-likeness (QED) is 0.687. The van der Waals surface area contributed by atoms with E-state index in [1.54, 1.807) is 6.07 Å². The first-order chi connectivity index (χ1) is 7.13. The monoisotopic (exact) mass is 329 g/mol. The van der Waals surface area contributed by atoms with Crippen LogP contribution in [0.25, 0.3) is 0 Å². The van der Waals surface area contributed by atoms with Crippen LogP contribution < -0.4 is 0 Å². The van der Waals surface area contributed by atoms with Gasteiger partial charge in [-0.2, -0.15) is 5.26 Å². The number of hydrogen-bond acceptors (Lipinski definition) is 3. The first-order valence-corrected chi connectivity index (χ1v) is 5.79. The minimum Gasteiger partial charge on any atom is -0.443 e. The zero-order valence-electron chi connectivity index (χ0n) is 7.46. The normalized spacial score (nSPS) is 19.0. The van der Waals surface area contributed by atoms with Gasteiger partial charge in [0.2, 0.25) is 0 Å². The topological polar surface area (TPSA) is 50.1 Å². The lowest BCUT2D eigenvalue weighted by Gasteiger charge is -2.21. The zero-order valence-corrected chi connectivity index (χ0v) is 10.6. The molecule has 1 aromatic rings. The van der Waals surface area contributed by atoms with Crippen molar-refractivity contribution in [1.82, 2.24) is 0 Å². The Hall–Kier alpha value is -0.860. The van der Waals surface area contributed by atoms with E-state index in [0.29, 0.717) is 16.5 Å². The van der Waals surface area contributed by atoms with Crippen molar-refractivity contribution in [1.29, 1.82) is 5.26 Å². The van der Waals surface area contributed by atoms with Crippen LogP contribution in [0.15, 0.2) is 21.1 Å². The van der Waals surface area contributed by atoms with Gasteiger partial charge in [-0.05, 0) is 33.6 Å². The SMILES string of the molecule is N#CC1Cc2c(Br)ccc(Br)c2C(=O)O1. The summed E-state index contributed by atoms with van der Waals surface area (Å²) in [6.07, 6.45) is -0.256. The van der Waals surface area contributed by atoms with Crippen molar-refractivity contribution in [3.8, 4) is 6.07 Å². The number of esters is 1. The van der Waals surface area contributed by atoms with Crippen LogP contribution in [0.3, 0.4) is 0 Å². The van der Waals surface area contributed by atoms with Gasteiger partial charge in [0, 0.05) is 15.4 Å². The predicted octanol–water partition coefficient (Wildman–Crippen LogP) is 2.82. The highest BCUT2D eigenvalue weighted by molar-refractivity contribution is 9.11. The maximum Gasteiger partial charge on any atom is 0.340 e. The number of carbonyl (C=O) groups excluding carboxylic acids is 1. The molecule has 1 heterocycles. The van der Waals surface area contributed by atoms with Crippen molar-refractivity contribution in [3.63, 3.8) is 0 Å². The van der Waals surface area contributed by atoms with Gasteiger partial charge in [-0.25, -0.2) is 4.79 Å². The number of carbonyl (C=O) groups is 1. The Labute approximate surface area is 103 Å². The molecule has 5 heteroatoms. The minimum atomic E-state index is -0.685. The summed E-state index contributed by atoms with van der Waals surface area (Å²) in [6, 6.07) is 5.56. The second-order valence-electron chi connectivity index (χ2n) is 3.11. The molecule has 0 saturated carbocycles. The van der Waals surface area contributed by atoms with Crippen LogP contribution in [0.4, 0.5) is 0 Å². The Kier molecular flexibility index (Phi) is 2.81. The van der Waals surface area contributed by atoms with Crippen LogP contribution >= 0.6 is 31.9 Å². The Morgan fingerprint density at radius 2 is 2.07 bits per heavy atom. The van der Waals surface area contributed by atoms with Crippen molar-refractivity contribution in [2.75, 3.05) is 0 Å². The molecular weight excluding hydrogens is 326 g/mol. The third-order valence-electron chi connectivity index (χ3n) is 2.19. The molecule has 1 aliphatic heterocycles. The van der Waals surface area contributed by atoms with Crippen molar-refractivity contribution in [2.45, 2.75) is 12.5 Å².